The van der Waals surface area contributed by atoms with E-state index < -0.39 is 0 Å². The highest BCUT2D eigenvalue weighted by atomic mass is 35.5. The van der Waals surface area contributed by atoms with Gasteiger partial charge in [-0.3, -0.25) is 5.10 Å². The van der Waals surface area contributed by atoms with Gasteiger partial charge in [-0.1, -0.05) is 23.7 Å². The van der Waals surface area contributed by atoms with E-state index in [-0.39, 0.29) is 6.01 Å². The van der Waals surface area contributed by atoms with Crippen molar-refractivity contribution in [1.29, 1.82) is 0 Å². The molecule has 0 aliphatic heterocycles. The van der Waals surface area contributed by atoms with Gasteiger partial charge in [-0.05, 0) is 36.4 Å². The van der Waals surface area contributed by atoms with Crippen molar-refractivity contribution in [3.63, 3.8) is 0 Å². The molecule has 4 aromatic rings. The third kappa shape index (κ3) is 2.99. The van der Waals surface area contributed by atoms with Crippen LogP contribution in [-0.2, 0) is 0 Å². The minimum atomic E-state index is 0.200. The topological polar surface area (TPSA) is 72.9 Å². The number of aromatic nitrogens is 4. The van der Waals surface area contributed by atoms with Crippen molar-refractivity contribution >= 4 is 22.6 Å². The summed E-state index contributed by atoms with van der Waals surface area (Å²) in [4.78, 5) is 8.62. The predicted molar refractivity (Wildman–Crippen MR) is 95.2 cm³/mol. The van der Waals surface area contributed by atoms with E-state index in [1.165, 1.54) is 0 Å². The standard InChI is InChI=1S/C18H13ClN4O2/c1-24-12-8-6-11(7-9-12)16-13-10-20-18(21-17(13)23-22-16)25-15-5-3-2-4-14(15)19/h2-10H,1H3,(H,20,21,22,23). The lowest BCUT2D eigenvalue weighted by molar-refractivity contribution is 0.415. The number of para-hydroxylation sites is 1. The lowest BCUT2D eigenvalue weighted by Crippen LogP contribution is -1.92. The number of halogens is 1. The van der Waals surface area contributed by atoms with E-state index in [1.807, 2.05) is 36.4 Å². The van der Waals surface area contributed by atoms with Crippen molar-refractivity contribution < 1.29 is 9.47 Å². The first-order valence-corrected chi connectivity index (χ1v) is 7.90. The first kappa shape index (κ1) is 15.4. The summed E-state index contributed by atoms with van der Waals surface area (Å²) < 4.78 is 10.8. The van der Waals surface area contributed by atoms with Crippen molar-refractivity contribution in [2.45, 2.75) is 0 Å². The second kappa shape index (κ2) is 6.41. The lowest BCUT2D eigenvalue weighted by Gasteiger charge is -2.05. The molecule has 25 heavy (non-hydrogen) atoms. The zero-order valence-electron chi connectivity index (χ0n) is 13.2. The van der Waals surface area contributed by atoms with E-state index in [0.717, 1.165) is 22.4 Å². The Morgan fingerprint density at radius 3 is 2.60 bits per heavy atom. The summed E-state index contributed by atoms with van der Waals surface area (Å²) in [6.45, 7) is 0. The van der Waals surface area contributed by atoms with Crippen LogP contribution >= 0.6 is 11.6 Å². The average molecular weight is 353 g/mol. The highest BCUT2D eigenvalue weighted by Crippen LogP contribution is 2.30. The SMILES string of the molecule is COc1ccc(-c2n[nH]c3nc(Oc4ccccc4Cl)ncc23)cc1. The molecule has 124 valence electrons. The quantitative estimate of drug-likeness (QED) is 0.586. The van der Waals surface area contributed by atoms with Crippen LogP contribution in [0, 0.1) is 0 Å². The monoisotopic (exact) mass is 352 g/mol. The van der Waals surface area contributed by atoms with Gasteiger partial charge in [-0.2, -0.15) is 10.1 Å². The molecule has 0 radical (unpaired) electrons. The van der Waals surface area contributed by atoms with Crippen molar-refractivity contribution in [2.75, 3.05) is 7.11 Å². The molecule has 0 aliphatic rings. The summed E-state index contributed by atoms with van der Waals surface area (Å²) in [5, 5.41) is 8.55. The number of fused-ring (bicyclic) bond motifs is 1. The molecule has 0 unspecified atom stereocenters. The molecule has 0 atom stereocenters. The number of hydrogen-bond acceptors (Lipinski definition) is 5. The third-order valence-electron chi connectivity index (χ3n) is 3.70. The van der Waals surface area contributed by atoms with E-state index in [9.17, 15) is 0 Å². The highest BCUT2D eigenvalue weighted by molar-refractivity contribution is 6.32. The average Bonchev–Trinajstić information content (AvgIpc) is 3.07. The minimum Gasteiger partial charge on any atom is -0.497 e. The summed E-state index contributed by atoms with van der Waals surface area (Å²) in [7, 11) is 1.63. The Kier molecular flexibility index (Phi) is 3.95. The van der Waals surface area contributed by atoms with Crippen LogP contribution in [0.4, 0.5) is 0 Å². The zero-order chi connectivity index (χ0) is 17.2. The molecule has 0 spiro atoms. The molecule has 2 heterocycles. The van der Waals surface area contributed by atoms with Gasteiger partial charge in [0.1, 0.15) is 17.2 Å². The summed E-state index contributed by atoms with van der Waals surface area (Å²) >= 11 is 6.09. The number of ether oxygens (including phenoxy) is 2. The second-order valence-corrected chi connectivity index (χ2v) is 5.66. The Bertz CT molecular complexity index is 1030. The van der Waals surface area contributed by atoms with E-state index in [0.29, 0.717) is 16.4 Å². The van der Waals surface area contributed by atoms with E-state index >= 15 is 0 Å². The van der Waals surface area contributed by atoms with Gasteiger partial charge in [0.25, 0.3) is 0 Å². The number of nitrogens with one attached hydrogen (secondary N) is 1. The molecule has 1 N–H and O–H groups in total. The first-order valence-electron chi connectivity index (χ1n) is 7.52. The summed E-state index contributed by atoms with van der Waals surface area (Å²) in [6, 6.07) is 15.0. The molecule has 2 aromatic carbocycles. The van der Waals surface area contributed by atoms with Crippen LogP contribution in [0.1, 0.15) is 0 Å². The first-order chi connectivity index (χ1) is 12.2. The summed E-state index contributed by atoms with van der Waals surface area (Å²) in [6.07, 6.45) is 1.68. The summed E-state index contributed by atoms with van der Waals surface area (Å²) in [5.74, 6) is 1.29. The van der Waals surface area contributed by atoms with Crippen molar-refractivity contribution in [3.05, 3.63) is 59.8 Å². The molecular formula is C18H13ClN4O2. The number of rotatable bonds is 4. The Balaban J connectivity index is 1.67. The van der Waals surface area contributed by atoms with Gasteiger partial charge >= 0.3 is 6.01 Å². The third-order valence-corrected chi connectivity index (χ3v) is 4.01. The van der Waals surface area contributed by atoms with Crippen LogP contribution in [0.25, 0.3) is 22.3 Å². The maximum atomic E-state index is 6.09. The fourth-order valence-electron chi connectivity index (χ4n) is 2.44. The normalized spacial score (nSPS) is 10.8. The van der Waals surface area contributed by atoms with Gasteiger partial charge in [0.05, 0.1) is 17.5 Å². The number of benzene rings is 2. The molecular weight excluding hydrogens is 340 g/mol. The van der Waals surface area contributed by atoms with Crippen LogP contribution in [0.15, 0.2) is 54.7 Å². The highest BCUT2D eigenvalue weighted by Gasteiger charge is 2.12. The molecule has 2 aromatic heterocycles. The summed E-state index contributed by atoms with van der Waals surface area (Å²) in [5.41, 5.74) is 2.29. The van der Waals surface area contributed by atoms with Crippen LogP contribution in [0.5, 0.6) is 17.5 Å². The van der Waals surface area contributed by atoms with Crippen molar-refractivity contribution in [3.8, 4) is 28.8 Å². The van der Waals surface area contributed by atoms with Crippen LogP contribution in [0.3, 0.4) is 0 Å². The fourth-order valence-corrected chi connectivity index (χ4v) is 2.61. The maximum Gasteiger partial charge on any atom is 0.324 e. The van der Waals surface area contributed by atoms with Gasteiger partial charge < -0.3 is 9.47 Å². The van der Waals surface area contributed by atoms with Gasteiger partial charge in [0.15, 0.2) is 5.65 Å². The maximum absolute atomic E-state index is 6.09. The van der Waals surface area contributed by atoms with Crippen molar-refractivity contribution in [2.24, 2.45) is 0 Å². The van der Waals surface area contributed by atoms with E-state index in [1.54, 1.807) is 25.4 Å². The molecule has 0 saturated carbocycles. The smallest absolute Gasteiger partial charge is 0.324 e. The molecule has 7 heteroatoms. The number of hydrogen-bond donors (Lipinski definition) is 1. The number of H-pyrrole nitrogens is 1. The fraction of sp³-hybridized carbons (Fsp3) is 0.0556. The molecule has 4 rings (SSSR count). The molecule has 0 aliphatic carbocycles. The Hall–Kier alpha value is -3.12. The second-order valence-electron chi connectivity index (χ2n) is 5.25. The number of nitrogens with zero attached hydrogens (tertiary/aromatic N) is 3. The number of aromatic amines is 1. The number of methoxy groups -OCH3 is 1. The van der Waals surface area contributed by atoms with Crippen LogP contribution < -0.4 is 9.47 Å². The minimum absolute atomic E-state index is 0.200. The van der Waals surface area contributed by atoms with E-state index in [2.05, 4.69) is 20.2 Å². The molecule has 6 nitrogen and oxygen atoms in total. The Morgan fingerprint density at radius 1 is 1.04 bits per heavy atom. The van der Waals surface area contributed by atoms with Gasteiger partial charge in [-0.25, -0.2) is 4.98 Å². The molecule has 0 amide bonds. The van der Waals surface area contributed by atoms with Crippen LogP contribution in [0.2, 0.25) is 5.02 Å². The molecule has 0 bridgehead atoms. The van der Waals surface area contributed by atoms with Gasteiger partial charge in [0.2, 0.25) is 0 Å². The van der Waals surface area contributed by atoms with Gasteiger partial charge in [-0.15, -0.1) is 0 Å². The predicted octanol–water partition coefficient (Wildman–Crippen LogP) is 4.47. The molecule has 0 saturated heterocycles. The lowest BCUT2D eigenvalue weighted by atomic mass is 10.1. The van der Waals surface area contributed by atoms with Crippen molar-refractivity contribution in [1.82, 2.24) is 20.2 Å². The van der Waals surface area contributed by atoms with Gasteiger partial charge in [0, 0.05) is 11.8 Å². The van der Waals surface area contributed by atoms with E-state index in [4.69, 9.17) is 21.1 Å². The van der Waals surface area contributed by atoms with Crippen LogP contribution in [-0.4, -0.2) is 27.3 Å². The Morgan fingerprint density at radius 2 is 1.84 bits per heavy atom. The zero-order valence-corrected chi connectivity index (χ0v) is 14.0. The Labute approximate surface area is 148 Å². The largest absolute Gasteiger partial charge is 0.497 e. The molecule has 0 fully saturated rings.